The van der Waals surface area contributed by atoms with E-state index in [9.17, 15) is 4.79 Å². The van der Waals surface area contributed by atoms with Gasteiger partial charge in [-0.1, -0.05) is 77.4 Å². The molecule has 0 radical (unpaired) electrons. The van der Waals surface area contributed by atoms with Gasteiger partial charge in [0.2, 0.25) is 5.91 Å². The summed E-state index contributed by atoms with van der Waals surface area (Å²) in [5.74, 6) is 0.947. The first-order chi connectivity index (χ1) is 15.0. The van der Waals surface area contributed by atoms with Gasteiger partial charge in [-0.15, -0.1) is 10.2 Å². The zero-order valence-electron chi connectivity index (χ0n) is 16.8. The number of anilines is 1. The minimum atomic E-state index is -0.148. The third-order valence-corrected chi connectivity index (χ3v) is 6.58. The van der Waals surface area contributed by atoms with Crippen LogP contribution in [0.15, 0.2) is 65.8 Å². The van der Waals surface area contributed by atoms with Crippen LogP contribution in [0.3, 0.4) is 0 Å². The maximum Gasteiger partial charge on any atom is 0.234 e. The third kappa shape index (κ3) is 5.03. The summed E-state index contributed by atoms with van der Waals surface area (Å²) < 4.78 is 2.05. The highest BCUT2D eigenvalue weighted by Crippen LogP contribution is 2.26. The Morgan fingerprint density at radius 1 is 1.03 bits per heavy atom. The number of hydrogen-bond donors (Lipinski definition) is 1. The molecular weight excluding hydrogens is 451 g/mol. The van der Waals surface area contributed by atoms with Crippen LogP contribution < -0.4 is 5.32 Å². The van der Waals surface area contributed by atoms with Crippen LogP contribution in [-0.4, -0.2) is 26.4 Å². The fourth-order valence-electron chi connectivity index (χ4n) is 3.39. The molecule has 8 heteroatoms. The van der Waals surface area contributed by atoms with Crippen LogP contribution in [0.2, 0.25) is 10.0 Å². The Hall–Kier alpha value is -2.54. The van der Waals surface area contributed by atoms with Crippen LogP contribution in [0, 0.1) is 0 Å². The Kier molecular flexibility index (Phi) is 6.80. The molecule has 0 bridgehead atoms. The molecule has 0 aliphatic carbocycles. The van der Waals surface area contributed by atoms with Gasteiger partial charge in [0, 0.05) is 18.7 Å². The average molecular weight is 471 g/mol. The van der Waals surface area contributed by atoms with E-state index in [0.717, 1.165) is 17.5 Å². The van der Waals surface area contributed by atoms with Crippen LogP contribution in [0.4, 0.5) is 5.69 Å². The molecule has 4 aromatic rings. The Balaban J connectivity index is 1.45. The summed E-state index contributed by atoms with van der Waals surface area (Å²) in [6.45, 7) is 2.78. The molecule has 0 unspecified atom stereocenters. The molecule has 0 atom stereocenters. The van der Waals surface area contributed by atoms with Crippen molar-refractivity contribution in [2.24, 2.45) is 0 Å². The number of aromatic nitrogens is 3. The fourth-order valence-corrected chi connectivity index (χ4v) is 4.51. The van der Waals surface area contributed by atoms with Crippen LogP contribution in [0.5, 0.6) is 0 Å². The molecule has 1 amide bonds. The fraction of sp³-hybridized carbons (Fsp3) is 0.174. The summed E-state index contributed by atoms with van der Waals surface area (Å²) >= 11 is 13.3. The number of halogens is 2. The maximum atomic E-state index is 12.4. The number of carbonyl (C=O) groups excluding carboxylic acids is 1. The predicted octanol–water partition coefficient (Wildman–Crippen LogP) is 6.08. The standard InChI is InChI=1S/C23H20Cl2N4OS/c1-2-29-21(12-16-8-5-7-15-6-3-4-9-18(15)16)27-28-23(29)31-14-22(30)26-17-10-11-19(24)20(25)13-17/h3-11,13H,2,12,14H2,1H3,(H,26,30). The number of amides is 1. The van der Waals surface area contributed by atoms with Gasteiger partial charge in [0.05, 0.1) is 15.8 Å². The molecule has 0 saturated carbocycles. The molecule has 0 saturated heterocycles. The smallest absolute Gasteiger partial charge is 0.234 e. The van der Waals surface area contributed by atoms with Gasteiger partial charge in [-0.25, -0.2) is 0 Å². The van der Waals surface area contributed by atoms with E-state index in [-0.39, 0.29) is 11.7 Å². The van der Waals surface area contributed by atoms with E-state index in [1.165, 1.54) is 28.1 Å². The molecule has 4 rings (SSSR count). The number of fused-ring (bicyclic) bond motifs is 1. The van der Waals surface area contributed by atoms with E-state index in [1.807, 2.05) is 12.1 Å². The number of hydrogen-bond acceptors (Lipinski definition) is 4. The van der Waals surface area contributed by atoms with E-state index in [1.54, 1.807) is 18.2 Å². The first kappa shape index (κ1) is 21.7. The van der Waals surface area contributed by atoms with Gasteiger partial charge in [0.1, 0.15) is 5.82 Å². The zero-order chi connectivity index (χ0) is 21.8. The van der Waals surface area contributed by atoms with E-state index < -0.39 is 0 Å². The molecule has 0 aliphatic heterocycles. The Morgan fingerprint density at radius 3 is 2.65 bits per heavy atom. The van der Waals surface area contributed by atoms with Crippen LogP contribution in [0.25, 0.3) is 10.8 Å². The Bertz CT molecular complexity index is 1240. The van der Waals surface area contributed by atoms with Crippen molar-refractivity contribution < 1.29 is 4.79 Å². The zero-order valence-corrected chi connectivity index (χ0v) is 19.1. The first-order valence-corrected chi connectivity index (χ1v) is 11.6. The molecule has 158 valence electrons. The summed E-state index contributed by atoms with van der Waals surface area (Å²) in [6.07, 6.45) is 0.679. The lowest BCUT2D eigenvalue weighted by Gasteiger charge is -2.10. The number of benzene rings is 3. The molecule has 0 aliphatic rings. The molecule has 0 spiro atoms. The van der Waals surface area contributed by atoms with Gasteiger partial charge in [-0.3, -0.25) is 4.79 Å². The molecule has 1 N–H and O–H groups in total. The van der Waals surface area contributed by atoms with Crippen LogP contribution >= 0.6 is 35.0 Å². The summed E-state index contributed by atoms with van der Waals surface area (Å²) in [6, 6.07) is 19.6. The summed E-state index contributed by atoms with van der Waals surface area (Å²) in [5, 5.41) is 15.5. The summed E-state index contributed by atoms with van der Waals surface area (Å²) in [5.41, 5.74) is 1.81. The molecular formula is C23H20Cl2N4OS. The highest BCUT2D eigenvalue weighted by molar-refractivity contribution is 7.99. The van der Waals surface area contributed by atoms with Gasteiger partial charge in [-0.2, -0.15) is 0 Å². The van der Waals surface area contributed by atoms with E-state index in [0.29, 0.717) is 22.2 Å². The second-order valence-electron chi connectivity index (χ2n) is 6.92. The van der Waals surface area contributed by atoms with Crippen molar-refractivity contribution in [3.8, 4) is 0 Å². The summed E-state index contributed by atoms with van der Waals surface area (Å²) in [7, 11) is 0. The van der Waals surface area contributed by atoms with Gasteiger partial charge in [0.15, 0.2) is 5.16 Å². The number of nitrogens with zero attached hydrogens (tertiary/aromatic N) is 3. The highest BCUT2D eigenvalue weighted by Gasteiger charge is 2.15. The van der Waals surface area contributed by atoms with E-state index >= 15 is 0 Å². The second-order valence-corrected chi connectivity index (χ2v) is 8.68. The van der Waals surface area contributed by atoms with Gasteiger partial charge >= 0.3 is 0 Å². The average Bonchev–Trinajstić information content (AvgIpc) is 3.16. The molecule has 0 fully saturated rings. The van der Waals surface area contributed by atoms with Crippen LogP contribution in [-0.2, 0) is 17.8 Å². The monoisotopic (exact) mass is 470 g/mol. The van der Waals surface area contributed by atoms with Crippen molar-refractivity contribution in [1.29, 1.82) is 0 Å². The lowest BCUT2D eigenvalue weighted by atomic mass is 10.0. The maximum absolute atomic E-state index is 12.4. The Labute approximate surface area is 194 Å². The SMILES string of the molecule is CCn1c(Cc2cccc3ccccc23)nnc1SCC(=O)Nc1ccc(Cl)c(Cl)c1. The predicted molar refractivity (Wildman–Crippen MR) is 128 cm³/mol. The van der Waals surface area contributed by atoms with Gasteiger partial charge in [-0.05, 0) is 41.5 Å². The molecule has 3 aromatic carbocycles. The quantitative estimate of drug-likeness (QED) is 0.332. The number of carbonyl (C=O) groups is 1. The van der Waals surface area contributed by atoms with Crippen molar-refractivity contribution >= 4 is 57.3 Å². The third-order valence-electron chi connectivity index (χ3n) is 4.87. The number of nitrogens with one attached hydrogen (secondary N) is 1. The Morgan fingerprint density at radius 2 is 1.84 bits per heavy atom. The highest BCUT2D eigenvalue weighted by atomic mass is 35.5. The number of thioether (sulfide) groups is 1. The van der Waals surface area contributed by atoms with Crippen molar-refractivity contribution in [1.82, 2.24) is 14.8 Å². The van der Waals surface area contributed by atoms with Gasteiger partial charge in [0.25, 0.3) is 0 Å². The molecule has 5 nitrogen and oxygen atoms in total. The lowest BCUT2D eigenvalue weighted by Crippen LogP contribution is -2.14. The van der Waals surface area contributed by atoms with Crippen molar-refractivity contribution in [3.05, 3.63) is 82.1 Å². The van der Waals surface area contributed by atoms with E-state index in [4.69, 9.17) is 23.2 Å². The van der Waals surface area contributed by atoms with Crippen molar-refractivity contribution in [2.45, 2.75) is 25.0 Å². The first-order valence-electron chi connectivity index (χ1n) is 9.81. The molecule has 31 heavy (non-hydrogen) atoms. The second kappa shape index (κ2) is 9.73. The van der Waals surface area contributed by atoms with Crippen molar-refractivity contribution in [2.75, 3.05) is 11.1 Å². The normalized spacial score (nSPS) is 11.1. The molecule has 1 heterocycles. The van der Waals surface area contributed by atoms with Crippen LogP contribution in [0.1, 0.15) is 18.3 Å². The summed E-state index contributed by atoms with van der Waals surface area (Å²) in [4.78, 5) is 12.4. The topological polar surface area (TPSA) is 59.8 Å². The molecule has 1 aromatic heterocycles. The minimum absolute atomic E-state index is 0.148. The lowest BCUT2D eigenvalue weighted by molar-refractivity contribution is -0.113. The van der Waals surface area contributed by atoms with Crippen molar-refractivity contribution in [3.63, 3.8) is 0 Å². The largest absolute Gasteiger partial charge is 0.325 e. The number of rotatable bonds is 7. The van der Waals surface area contributed by atoms with E-state index in [2.05, 4.69) is 57.3 Å². The minimum Gasteiger partial charge on any atom is -0.325 e. The van der Waals surface area contributed by atoms with Gasteiger partial charge < -0.3 is 9.88 Å².